The second-order valence-electron chi connectivity index (χ2n) is 9.37. The number of carbonyl (C=O) groups excluding carboxylic acids is 2. The van der Waals surface area contributed by atoms with Crippen LogP contribution in [0.4, 0.5) is 5.69 Å². The van der Waals surface area contributed by atoms with Gasteiger partial charge in [-0.1, -0.05) is 37.6 Å². The molecule has 11 heteroatoms. The summed E-state index contributed by atoms with van der Waals surface area (Å²) in [5, 5.41) is 3.27. The molecule has 0 radical (unpaired) electrons. The molecular weight excluding hydrogens is 542 g/mol. The smallest absolute Gasteiger partial charge is 0.243 e. The fourth-order valence-corrected chi connectivity index (χ4v) is 5.35. The van der Waals surface area contributed by atoms with Crippen LogP contribution in [0.25, 0.3) is 0 Å². The number of amides is 2. The van der Waals surface area contributed by atoms with Crippen LogP contribution in [0.2, 0.25) is 5.02 Å². The average molecular weight is 582 g/mol. The molecule has 1 N–H and O–H groups in total. The summed E-state index contributed by atoms with van der Waals surface area (Å²) in [6.07, 6.45) is 2.59. The fourth-order valence-electron chi connectivity index (χ4n) is 4.14. The summed E-state index contributed by atoms with van der Waals surface area (Å²) in [6, 6.07) is 11.4. The number of anilines is 1. The average Bonchev–Trinajstić information content (AvgIpc) is 2.90. The minimum Gasteiger partial charge on any atom is -0.497 e. The maximum absolute atomic E-state index is 13.6. The Bertz CT molecular complexity index is 1220. The standard InChI is InChI=1S/C28H40ClN3O6S/c1-7-20(3)30-28(34)25(8-2)31(19-21-11-9-12-23(17-21)37-4)27(33)13-10-16-32(39(6,35)36)22-14-15-26(38-5)24(29)18-22/h9,11-12,14-15,17-18,20,25H,7-8,10,13,16,19H2,1-6H3,(H,30,34)/t20-,25-/m1/s1. The van der Waals surface area contributed by atoms with Gasteiger partial charge < -0.3 is 19.7 Å². The third-order valence-electron chi connectivity index (χ3n) is 6.45. The summed E-state index contributed by atoms with van der Waals surface area (Å²) in [5.41, 5.74) is 1.20. The zero-order chi connectivity index (χ0) is 29.2. The number of halogens is 1. The van der Waals surface area contributed by atoms with Crippen molar-refractivity contribution in [2.45, 2.75) is 65.1 Å². The van der Waals surface area contributed by atoms with Crippen molar-refractivity contribution in [1.29, 1.82) is 0 Å². The first kappa shape index (κ1) is 32.2. The van der Waals surface area contributed by atoms with Gasteiger partial charge in [-0.3, -0.25) is 13.9 Å². The number of hydrogen-bond acceptors (Lipinski definition) is 6. The van der Waals surface area contributed by atoms with Gasteiger partial charge in [-0.05, 0) is 62.1 Å². The molecule has 0 heterocycles. The first-order chi connectivity index (χ1) is 18.4. The van der Waals surface area contributed by atoms with E-state index in [0.717, 1.165) is 18.2 Å². The van der Waals surface area contributed by atoms with Gasteiger partial charge in [0.25, 0.3) is 0 Å². The third kappa shape index (κ3) is 9.32. The lowest BCUT2D eigenvalue weighted by Crippen LogP contribution is -2.50. The van der Waals surface area contributed by atoms with Crippen molar-refractivity contribution < 1.29 is 27.5 Å². The summed E-state index contributed by atoms with van der Waals surface area (Å²) < 4.78 is 36.8. The van der Waals surface area contributed by atoms with Crippen molar-refractivity contribution in [3.05, 3.63) is 53.1 Å². The molecule has 2 atom stereocenters. The Morgan fingerprint density at radius 1 is 1.05 bits per heavy atom. The first-order valence-corrected chi connectivity index (χ1v) is 15.2. The summed E-state index contributed by atoms with van der Waals surface area (Å²) in [4.78, 5) is 28.3. The molecule has 9 nitrogen and oxygen atoms in total. The molecule has 0 bridgehead atoms. The van der Waals surface area contributed by atoms with Crippen molar-refractivity contribution in [3.8, 4) is 11.5 Å². The van der Waals surface area contributed by atoms with Gasteiger partial charge in [-0.25, -0.2) is 8.42 Å². The Balaban J connectivity index is 2.27. The highest BCUT2D eigenvalue weighted by atomic mass is 35.5. The number of sulfonamides is 1. The van der Waals surface area contributed by atoms with Gasteiger partial charge in [0.15, 0.2) is 0 Å². The molecule has 0 spiro atoms. The van der Waals surface area contributed by atoms with Gasteiger partial charge in [0, 0.05) is 25.6 Å². The Kier molecular flexibility index (Phi) is 12.4. The van der Waals surface area contributed by atoms with Crippen molar-refractivity contribution in [3.63, 3.8) is 0 Å². The van der Waals surface area contributed by atoms with E-state index in [1.165, 1.54) is 17.5 Å². The molecule has 0 aliphatic rings. The zero-order valence-corrected chi connectivity index (χ0v) is 25.1. The summed E-state index contributed by atoms with van der Waals surface area (Å²) in [7, 11) is -0.602. The number of methoxy groups -OCH3 is 2. The van der Waals surface area contributed by atoms with Crippen LogP contribution in [0.5, 0.6) is 11.5 Å². The highest BCUT2D eigenvalue weighted by Gasteiger charge is 2.29. The normalized spacial score (nSPS) is 12.8. The largest absolute Gasteiger partial charge is 0.497 e. The Morgan fingerprint density at radius 3 is 2.33 bits per heavy atom. The summed E-state index contributed by atoms with van der Waals surface area (Å²) in [6.45, 7) is 6.05. The van der Waals surface area contributed by atoms with Crippen LogP contribution in [0.15, 0.2) is 42.5 Å². The molecule has 0 fully saturated rings. The molecule has 0 unspecified atom stereocenters. The molecule has 2 aromatic carbocycles. The lowest BCUT2D eigenvalue weighted by molar-refractivity contribution is -0.141. The number of benzene rings is 2. The molecule has 0 saturated carbocycles. The Hall–Kier alpha value is -2.98. The molecule has 216 valence electrons. The molecule has 0 aliphatic heterocycles. The van der Waals surface area contributed by atoms with Gasteiger partial charge in [0.2, 0.25) is 21.8 Å². The van der Waals surface area contributed by atoms with Gasteiger partial charge in [-0.2, -0.15) is 0 Å². The summed E-state index contributed by atoms with van der Waals surface area (Å²) >= 11 is 6.22. The van der Waals surface area contributed by atoms with E-state index in [1.54, 1.807) is 24.1 Å². The molecule has 39 heavy (non-hydrogen) atoms. The Labute approximate surface area is 237 Å². The minimum absolute atomic E-state index is 0.0278. The van der Waals surface area contributed by atoms with Crippen molar-refractivity contribution in [1.82, 2.24) is 10.2 Å². The van der Waals surface area contributed by atoms with E-state index in [-0.39, 0.29) is 48.8 Å². The van der Waals surface area contributed by atoms with E-state index in [9.17, 15) is 18.0 Å². The van der Waals surface area contributed by atoms with Crippen LogP contribution in [0.1, 0.15) is 52.0 Å². The number of carbonyl (C=O) groups is 2. The minimum atomic E-state index is -3.65. The second-order valence-corrected chi connectivity index (χ2v) is 11.7. The highest BCUT2D eigenvalue weighted by molar-refractivity contribution is 7.92. The van der Waals surface area contributed by atoms with Crippen molar-refractivity contribution >= 4 is 39.1 Å². The van der Waals surface area contributed by atoms with Gasteiger partial charge in [0.05, 0.1) is 31.2 Å². The van der Waals surface area contributed by atoms with Crippen LogP contribution in [0, 0.1) is 0 Å². The quantitative estimate of drug-likeness (QED) is 0.329. The van der Waals surface area contributed by atoms with Gasteiger partial charge in [-0.15, -0.1) is 0 Å². The van der Waals surface area contributed by atoms with Crippen LogP contribution in [0.3, 0.4) is 0 Å². The SMILES string of the molecule is CC[C@@H](C)NC(=O)[C@@H](CC)N(Cc1cccc(OC)c1)C(=O)CCCN(c1ccc(OC)c(Cl)c1)S(C)(=O)=O. The zero-order valence-electron chi connectivity index (χ0n) is 23.6. The maximum Gasteiger partial charge on any atom is 0.243 e. The van der Waals surface area contributed by atoms with Gasteiger partial charge >= 0.3 is 0 Å². The molecule has 2 rings (SSSR count). The maximum atomic E-state index is 13.6. The van der Waals surface area contributed by atoms with E-state index >= 15 is 0 Å². The van der Waals surface area contributed by atoms with Crippen molar-refractivity contribution in [2.24, 2.45) is 0 Å². The van der Waals surface area contributed by atoms with Crippen molar-refractivity contribution in [2.75, 3.05) is 31.3 Å². The molecule has 2 aromatic rings. The van der Waals surface area contributed by atoms with Crippen LogP contribution in [-0.4, -0.2) is 64.2 Å². The highest BCUT2D eigenvalue weighted by Crippen LogP contribution is 2.30. The summed E-state index contributed by atoms with van der Waals surface area (Å²) in [5.74, 6) is 0.622. The second kappa shape index (κ2) is 15.0. The number of rotatable bonds is 15. The number of ether oxygens (including phenoxy) is 2. The fraction of sp³-hybridized carbons (Fsp3) is 0.500. The molecule has 2 amide bonds. The predicted octanol–water partition coefficient (Wildman–Crippen LogP) is 4.63. The topological polar surface area (TPSA) is 105 Å². The van der Waals surface area contributed by atoms with E-state index in [1.807, 2.05) is 45.0 Å². The van der Waals surface area contributed by atoms with E-state index in [0.29, 0.717) is 23.6 Å². The van der Waals surface area contributed by atoms with E-state index in [2.05, 4.69) is 5.32 Å². The third-order valence-corrected chi connectivity index (χ3v) is 7.94. The first-order valence-electron chi connectivity index (χ1n) is 13.0. The van der Waals surface area contributed by atoms with Crippen LogP contribution in [-0.2, 0) is 26.2 Å². The van der Waals surface area contributed by atoms with Crippen LogP contribution < -0.4 is 19.1 Å². The Morgan fingerprint density at radius 2 is 1.77 bits per heavy atom. The molecule has 0 aromatic heterocycles. The molecule has 0 aliphatic carbocycles. The number of nitrogens with one attached hydrogen (secondary N) is 1. The predicted molar refractivity (Wildman–Crippen MR) is 155 cm³/mol. The number of hydrogen-bond donors (Lipinski definition) is 1. The van der Waals surface area contributed by atoms with E-state index < -0.39 is 16.1 Å². The molecular formula is C28H40ClN3O6S. The van der Waals surface area contributed by atoms with Crippen LogP contribution >= 0.6 is 11.6 Å². The lowest BCUT2D eigenvalue weighted by atomic mass is 10.1. The lowest BCUT2D eigenvalue weighted by Gasteiger charge is -2.32. The molecule has 0 saturated heterocycles. The monoisotopic (exact) mass is 581 g/mol. The number of nitrogens with zero attached hydrogens (tertiary/aromatic N) is 2. The van der Waals surface area contributed by atoms with Gasteiger partial charge in [0.1, 0.15) is 17.5 Å². The van der Waals surface area contributed by atoms with E-state index in [4.69, 9.17) is 21.1 Å².